The van der Waals surface area contributed by atoms with Gasteiger partial charge in [-0.1, -0.05) is 60.1 Å². The minimum absolute atomic E-state index is 0.192. The number of esters is 1. The molecule has 0 saturated heterocycles. The third kappa shape index (κ3) is 4.36. The highest BCUT2D eigenvalue weighted by atomic mass is 35.5. The Bertz CT molecular complexity index is 1240. The monoisotopic (exact) mass is 404 g/mol. The number of carbonyl (C=O) groups is 1. The second-order valence-electron chi connectivity index (χ2n) is 6.57. The first kappa shape index (κ1) is 18.9. The Kier molecular flexibility index (Phi) is 5.40. The number of aromatic nitrogens is 2. The van der Waals surface area contributed by atoms with E-state index in [1.807, 2.05) is 42.5 Å². The molecule has 6 heteroatoms. The summed E-state index contributed by atoms with van der Waals surface area (Å²) < 4.78 is 5.45. The molecule has 1 aromatic heterocycles. The van der Waals surface area contributed by atoms with Gasteiger partial charge in [0, 0.05) is 11.4 Å². The maximum atomic E-state index is 12.6. The van der Waals surface area contributed by atoms with E-state index in [9.17, 15) is 9.59 Å². The molecular weight excluding hydrogens is 388 g/mol. The highest BCUT2D eigenvalue weighted by Gasteiger charge is 2.14. The Balaban J connectivity index is 1.59. The number of nitrogens with zero attached hydrogens (tertiary/aromatic N) is 1. The summed E-state index contributed by atoms with van der Waals surface area (Å²) in [6, 6.07) is 21.6. The van der Waals surface area contributed by atoms with Gasteiger partial charge < -0.3 is 9.72 Å². The second kappa shape index (κ2) is 8.29. The van der Waals surface area contributed by atoms with Crippen LogP contribution in [0.15, 0.2) is 77.6 Å². The number of hydrogen-bond acceptors (Lipinski definition) is 4. The van der Waals surface area contributed by atoms with Crippen LogP contribution >= 0.6 is 11.6 Å². The third-order valence-corrected chi connectivity index (χ3v) is 4.76. The van der Waals surface area contributed by atoms with E-state index in [2.05, 4.69) is 9.97 Å². The summed E-state index contributed by atoms with van der Waals surface area (Å²) in [4.78, 5) is 32.2. The van der Waals surface area contributed by atoms with E-state index in [0.717, 1.165) is 11.1 Å². The molecule has 0 aliphatic rings. The highest BCUT2D eigenvalue weighted by molar-refractivity contribution is 6.31. The number of halogens is 1. The van der Waals surface area contributed by atoms with E-state index in [-0.39, 0.29) is 18.6 Å². The Labute approximate surface area is 172 Å². The average Bonchev–Trinajstić information content (AvgIpc) is 2.73. The number of H-pyrrole nitrogens is 1. The topological polar surface area (TPSA) is 72.0 Å². The number of carbonyl (C=O) groups excluding carboxylic acids is 1. The van der Waals surface area contributed by atoms with Crippen molar-refractivity contribution in [1.82, 2.24) is 9.97 Å². The van der Waals surface area contributed by atoms with Crippen LogP contribution in [0.1, 0.15) is 27.3 Å². The van der Waals surface area contributed by atoms with Gasteiger partial charge in [0.2, 0.25) is 0 Å². The smallest absolute Gasteiger partial charge is 0.338 e. The van der Waals surface area contributed by atoms with Crippen LogP contribution in [-0.2, 0) is 17.8 Å². The first-order chi connectivity index (χ1) is 14.1. The zero-order valence-electron chi connectivity index (χ0n) is 15.4. The summed E-state index contributed by atoms with van der Waals surface area (Å²) >= 11 is 6.02. The van der Waals surface area contributed by atoms with Crippen molar-refractivity contribution >= 4 is 28.5 Å². The summed E-state index contributed by atoms with van der Waals surface area (Å²) in [7, 11) is 0. The molecule has 0 fully saturated rings. The van der Waals surface area contributed by atoms with Gasteiger partial charge in [0.15, 0.2) is 0 Å². The van der Waals surface area contributed by atoms with Crippen LogP contribution < -0.4 is 5.56 Å². The van der Waals surface area contributed by atoms with E-state index in [0.29, 0.717) is 27.3 Å². The van der Waals surface area contributed by atoms with Gasteiger partial charge in [-0.05, 0) is 35.4 Å². The van der Waals surface area contributed by atoms with Crippen molar-refractivity contribution < 1.29 is 9.53 Å². The number of benzene rings is 3. The molecule has 0 atom stereocenters. The predicted octanol–water partition coefficient (Wildman–Crippen LogP) is 4.52. The lowest BCUT2D eigenvalue weighted by Crippen LogP contribution is -2.14. The van der Waals surface area contributed by atoms with Crippen LogP contribution in [0.3, 0.4) is 0 Å². The van der Waals surface area contributed by atoms with Gasteiger partial charge in [-0.2, -0.15) is 0 Å². The number of ether oxygens (including phenoxy) is 1. The quantitative estimate of drug-likeness (QED) is 0.496. The molecule has 0 aliphatic carbocycles. The standard InChI is InChI=1S/C23H17ClN2O3/c24-17-10-11-19-20(13-17)25-21(26-22(19)27)12-16-8-4-5-9-18(16)23(28)29-14-15-6-2-1-3-7-15/h1-11,13H,12,14H2,(H,25,26,27). The van der Waals surface area contributed by atoms with Crippen molar-refractivity contribution in [3.63, 3.8) is 0 Å². The first-order valence-corrected chi connectivity index (χ1v) is 9.45. The second-order valence-corrected chi connectivity index (χ2v) is 7.01. The van der Waals surface area contributed by atoms with Crippen LogP contribution in [-0.4, -0.2) is 15.9 Å². The largest absolute Gasteiger partial charge is 0.457 e. The molecule has 0 aliphatic heterocycles. The molecule has 1 N–H and O–H groups in total. The van der Waals surface area contributed by atoms with Crippen molar-refractivity contribution in [2.45, 2.75) is 13.0 Å². The van der Waals surface area contributed by atoms with E-state index < -0.39 is 5.97 Å². The number of aromatic amines is 1. The average molecular weight is 405 g/mol. The van der Waals surface area contributed by atoms with Gasteiger partial charge in [-0.25, -0.2) is 9.78 Å². The van der Waals surface area contributed by atoms with E-state index >= 15 is 0 Å². The number of nitrogens with one attached hydrogen (secondary N) is 1. The van der Waals surface area contributed by atoms with Crippen LogP contribution in [0.25, 0.3) is 10.9 Å². The normalized spacial score (nSPS) is 10.8. The summed E-state index contributed by atoms with van der Waals surface area (Å²) in [6.45, 7) is 0.192. The number of hydrogen-bond donors (Lipinski definition) is 1. The number of fused-ring (bicyclic) bond motifs is 1. The van der Waals surface area contributed by atoms with Gasteiger partial charge in [0.1, 0.15) is 12.4 Å². The van der Waals surface area contributed by atoms with Crippen molar-refractivity contribution in [2.24, 2.45) is 0 Å². The van der Waals surface area contributed by atoms with Crippen LogP contribution in [0.2, 0.25) is 5.02 Å². The Morgan fingerprint density at radius 1 is 1.00 bits per heavy atom. The van der Waals surface area contributed by atoms with E-state index in [1.165, 1.54) is 0 Å². The minimum Gasteiger partial charge on any atom is -0.457 e. The summed E-state index contributed by atoms with van der Waals surface area (Å²) in [5, 5.41) is 0.972. The predicted molar refractivity (Wildman–Crippen MR) is 112 cm³/mol. The fraction of sp³-hybridized carbons (Fsp3) is 0.0870. The minimum atomic E-state index is -0.421. The zero-order valence-corrected chi connectivity index (χ0v) is 16.1. The lowest BCUT2D eigenvalue weighted by Gasteiger charge is -2.10. The molecule has 0 radical (unpaired) electrons. The number of rotatable bonds is 5. The van der Waals surface area contributed by atoms with Crippen LogP contribution in [0.5, 0.6) is 0 Å². The van der Waals surface area contributed by atoms with E-state index in [1.54, 1.807) is 30.3 Å². The maximum Gasteiger partial charge on any atom is 0.338 e. The molecule has 0 bridgehead atoms. The van der Waals surface area contributed by atoms with Gasteiger partial charge in [-0.15, -0.1) is 0 Å². The molecule has 144 valence electrons. The molecule has 0 amide bonds. The summed E-state index contributed by atoms with van der Waals surface area (Å²) in [5.41, 5.74) is 2.34. The highest BCUT2D eigenvalue weighted by Crippen LogP contribution is 2.18. The lowest BCUT2D eigenvalue weighted by molar-refractivity contribution is 0.0471. The molecule has 4 aromatic rings. The lowest BCUT2D eigenvalue weighted by atomic mass is 10.0. The van der Waals surface area contributed by atoms with Gasteiger partial charge in [0.05, 0.1) is 16.5 Å². The Hall–Kier alpha value is -3.44. The van der Waals surface area contributed by atoms with Gasteiger partial charge in [-0.3, -0.25) is 4.79 Å². The Morgan fingerprint density at radius 2 is 1.76 bits per heavy atom. The van der Waals surface area contributed by atoms with Crippen LogP contribution in [0.4, 0.5) is 0 Å². The SMILES string of the molecule is O=C(OCc1ccccc1)c1ccccc1Cc1nc2cc(Cl)ccc2c(=O)[nH]1. The van der Waals surface area contributed by atoms with Crippen molar-refractivity contribution in [3.05, 3.63) is 111 Å². The van der Waals surface area contributed by atoms with E-state index in [4.69, 9.17) is 16.3 Å². The fourth-order valence-electron chi connectivity index (χ4n) is 3.10. The molecule has 4 rings (SSSR count). The maximum absolute atomic E-state index is 12.6. The van der Waals surface area contributed by atoms with Gasteiger partial charge >= 0.3 is 5.97 Å². The molecule has 5 nitrogen and oxygen atoms in total. The summed E-state index contributed by atoms with van der Waals surface area (Å²) in [5.74, 6) is 0.0312. The van der Waals surface area contributed by atoms with Crippen molar-refractivity contribution in [1.29, 1.82) is 0 Å². The molecule has 1 heterocycles. The summed E-state index contributed by atoms with van der Waals surface area (Å²) in [6.07, 6.45) is 0.286. The fourth-order valence-corrected chi connectivity index (χ4v) is 3.27. The van der Waals surface area contributed by atoms with Gasteiger partial charge in [0.25, 0.3) is 5.56 Å². The molecule has 3 aromatic carbocycles. The third-order valence-electron chi connectivity index (χ3n) is 4.53. The molecule has 0 unspecified atom stereocenters. The zero-order chi connectivity index (χ0) is 20.2. The van der Waals surface area contributed by atoms with Crippen molar-refractivity contribution in [2.75, 3.05) is 0 Å². The first-order valence-electron chi connectivity index (χ1n) is 9.07. The Morgan fingerprint density at radius 3 is 2.59 bits per heavy atom. The molecule has 0 spiro atoms. The van der Waals surface area contributed by atoms with Crippen molar-refractivity contribution in [3.8, 4) is 0 Å². The molecular formula is C23H17ClN2O3. The molecule has 29 heavy (non-hydrogen) atoms. The van der Waals surface area contributed by atoms with Crippen LogP contribution in [0, 0.1) is 0 Å². The molecule has 0 saturated carbocycles.